The Labute approximate surface area is 136 Å². The number of benzene rings is 1. The standard InChI is InChI=1S/C17H23N5O/c1-12-5-4-6-14(9-12)22-13(2)15(19-20-22)16(23)21-8-7-17(3,10-18)11-21/h4-6,9H,7-8,10-11,18H2,1-3H3. The van der Waals surface area contributed by atoms with Gasteiger partial charge in [0.05, 0.1) is 11.4 Å². The number of nitrogens with two attached hydrogens (primary N) is 1. The average molecular weight is 313 g/mol. The van der Waals surface area contributed by atoms with Gasteiger partial charge in [-0.25, -0.2) is 4.68 Å². The molecule has 122 valence electrons. The van der Waals surface area contributed by atoms with Crippen LogP contribution in [-0.2, 0) is 0 Å². The number of carbonyl (C=O) groups is 1. The van der Waals surface area contributed by atoms with Gasteiger partial charge in [-0.2, -0.15) is 0 Å². The summed E-state index contributed by atoms with van der Waals surface area (Å²) in [4.78, 5) is 14.6. The Morgan fingerprint density at radius 1 is 1.39 bits per heavy atom. The Morgan fingerprint density at radius 2 is 2.17 bits per heavy atom. The lowest BCUT2D eigenvalue weighted by Crippen LogP contribution is -2.35. The predicted molar refractivity (Wildman–Crippen MR) is 88.5 cm³/mol. The van der Waals surface area contributed by atoms with Crippen molar-refractivity contribution >= 4 is 5.91 Å². The monoisotopic (exact) mass is 313 g/mol. The van der Waals surface area contributed by atoms with Crippen LogP contribution in [0.3, 0.4) is 0 Å². The van der Waals surface area contributed by atoms with Gasteiger partial charge in [0.2, 0.25) is 0 Å². The molecule has 0 spiro atoms. The molecule has 1 atom stereocenters. The highest BCUT2D eigenvalue weighted by atomic mass is 16.2. The van der Waals surface area contributed by atoms with Gasteiger partial charge in [-0.1, -0.05) is 24.3 Å². The van der Waals surface area contributed by atoms with Crippen molar-refractivity contribution in [1.82, 2.24) is 19.9 Å². The summed E-state index contributed by atoms with van der Waals surface area (Å²) in [5, 5.41) is 8.30. The highest BCUT2D eigenvalue weighted by molar-refractivity contribution is 5.93. The lowest BCUT2D eigenvalue weighted by atomic mass is 9.90. The fourth-order valence-corrected chi connectivity index (χ4v) is 3.05. The van der Waals surface area contributed by atoms with E-state index in [2.05, 4.69) is 17.2 Å². The first-order chi connectivity index (χ1) is 10.9. The van der Waals surface area contributed by atoms with Crippen LogP contribution in [0.5, 0.6) is 0 Å². The van der Waals surface area contributed by atoms with Gasteiger partial charge in [0.25, 0.3) is 5.91 Å². The number of amides is 1. The largest absolute Gasteiger partial charge is 0.337 e. The summed E-state index contributed by atoms with van der Waals surface area (Å²) in [6.45, 7) is 8.03. The van der Waals surface area contributed by atoms with Crippen molar-refractivity contribution in [2.45, 2.75) is 27.2 Å². The van der Waals surface area contributed by atoms with Gasteiger partial charge in [0.1, 0.15) is 0 Å². The lowest BCUT2D eigenvalue weighted by molar-refractivity contribution is 0.0770. The van der Waals surface area contributed by atoms with Gasteiger partial charge in [-0.05, 0) is 49.9 Å². The van der Waals surface area contributed by atoms with Gasteiger partial charge in [0, 0.05) is 13.1 Å². The van der Waals surface area contributed by atoms with Gasteiger partial charge in [-0.15, -0.1) is 5.10 Å². The molecule has 0 radical (unpaired) electrons. The first-order valence-electron chi connectivity index (χ1n) is 7.92. The molecule has 0 aliphatic carbocycles. The zero-order valence-corrected chi connectivity index (χ0v) is 13.9. The molecule has 6 nitrogen and oxygen atoms in total. The van der Waals surface area contributed by atoms with Crippen LogP contribution in [-0.4, -0.2) is 45.4 Å². The molecule has 1 aromatic carbocycles. The van der Waals surface area contributed by atoms with Gasteiger partial charge >= 0.3 is 0 Å². The summed E-state index contributed by atoms with van der Waals surface area (Å²) in [5.41, 5.74) is 9.08. The number of hydrogen-bond acceptors (Lipinski definition) is 4. The van der Waals surface area contributed by atoms with Crippen LogP contribution < -0.4 is 5.73 Å². The van der Waals surface area contributed by atoms with Gasteiger partial charge in [0.15, 0.2) is 5.69 Å². The van der Waals surface area contributed by atoms with Crippen molar-refractivity contribution in [2.75, 3.05) is 19.6 Å². The number of nitrogens with zero attached hydrogens (tertiary/aromatic N) is 4. The van der Waals surface area contributed by atoms with Gasteiger partial charge in [-0.3, -0.25) is 4.79 Å². The van der Waals surface area contributed by atoms with E-state index in [0.717, 1.165) is 29.9 Å². The van der Waals surface area contributed by atoms with E-state index in [9.17, 15) is 4.79 Å². The van der Waals surface area contributed by atoms with Crippen LogP contribution in [0.1, 0.15) is 35.1 Å². The molecule has 1 fully saturated rings. The first-order valence-corrected chi connectivity index (χ1v) is 7.92. The Bertz CT molecular complexity index is 738. The quantitative estimate of drug-likeness (QED) is 0.935. The Hall–Kier alpha value is -2.21. The Kier molecular flexibility index (Phi) is 3.93. The highest BCUT2D eigenvalue weighted by Crippen LogP contribution is 2.29. The van der Waals surface area contributed by atoms with E-state index in [1.807, 2.05) is 43.0 Å². The summed E-state index contributed by atoms with van der Waals surface area (Å²) in [6, 6.07) is 7.99. The molecule has 1 amide bonds. The third-order valence-electron chi connectivity index (χ3n) is 4.68. The number of aromatic nitrogens is 3. The molecule has 3 rings (SSSR count). The molecule has 0 saturated carbocycles. The maximum Gasteiger partial charge on any atom is 0.276 e. The maximum atomic E-state index is 12.8. The molecule has 1 aliphatic heterocycles. The minimum absolute atomic E-state index is 0.0100. The fraction of sp³-hybridized carbons (Fsp3) is 0.471. The summed E-state index contributed by atoms with van der Waals surface area (Å²) in [7, 11) is 0. The van der Waals surface area contributed by atoms with Crippen molar-refractivity contribution < 1.29 is 4.79 Å². The topological polar surface area (TPSA) is 77.0 Å². The molecule has 1 aliphatic rings. The number of likely N-dealkylation sites (tertiary alicyclic amines) is 1. The normalized spacial score (nSPS) is 21.0. The minimum atomic E-state index is -0.0569. The predicted octanol–water partition coefficient (Wildman–Crippen LogP) is 1.70. The van der Waals surface area contributed by atoms with Crippen LogP contribution in [0.15, 0.2) is 24.3 Å². The second-order valence-corrected chi connectivity index (χ2v) is 6.77. The third kappa shape index (κ3) is 2.86. The molecule has 2 heterocycles. The number of rotatable bonds is 3. The number of hydrogen-bond donors (Lipinski definition) is 1. The van der Waals surface area contributed by atoms with Crippen LogP contribution in [0.2, 0.25) is 0 Å². The van der Waals surface area contributed by atoms with E-state index in [1.165, 1.54) is 0 Å². The van der Waals surface area contributed by atoms with E-state index in [-0.39, 0.29) is 11.3 Å². The van der Waals surface area contributed by atoms with Crippen molar-refractivity contribution in [3.8, 4) is 5.69 Å². The van der Waals surface area contributed by atoms with Crippen molar-refractivity contribution in [3.05, 3.63) is 41.2 Å². The second kappa shape index (κ2) is 5.77. The molecule has 1 saturated heterocycles. The third-order valence-corrected chi connectivity index (χ3v) is 4.68. The average Bonchev–Trinajstić information content (AvgIpc) is 3.11. The second-order valence-electron chi connectivity index (χ2n) is 6.77. The van der Waals surface area contributed by atoms with Gasteiger partial charge < -0.3 is 10.6 Å². The minimum Gasteiger partial charge on any atom is -0.337 e. The zero-order valence-electron chi connectivity index (χ0n) is 13.9. The molecule has 1 aromatic heterocycles. The van der Waals surface area contributed by atoms with E-state index in [0.29, 0.717) is 18.8 Å². The van der Waals surface area contributed by atoms with Crippen LogP contribution >= 0.6 is 0 Å². The summed E-state index contributed by atoms with van der Waals surface area (Å²) in [6.07, 6.45) is 0.931. The SMILES string of the molecule is Cc1cccc(-n2nnc(C(=O)N3CCC(C)(CN)C3)c2C)c1. The van der Waals surface area contributed by atoms with Crippen molar-refractivity contribution in [3.63, 3.8) is 0 Å². The molecule has 2 aromatic rings. The molecule has 1 unspecified atom stereocenters. The number of carbonyl (C=O) groups excluding carboxylic acids is 1. The lowest BCUT2D eigenvalue weighted by Gasteiger charge is -2.22. The Balaban J connectivity index is 1.86. The number of aryl methyl sites for hydroxylation is 1. The zero-order chi connectivity index (χ0) is 16.6. The van der Waals surface area contributed by atoms with E-state index in [4.69, 9.17) is 5.73 Å². The maximum absolute atomic E-state index is 12.8. The summed E-state index contributed by atoms with van der Waals surface area (Å²) >= 11 is 0. The van der Waals surface area contributed by atoms with E-state index in [1.54, 1.807) is 4.68 Å². The van der Waals surface area contributed by atoms with Crippen molar-refractivity contribution in [1.29, 1.82) is 0 Å². The molecular formula is C17H23N5O. The Morgan fingerprint density at radius 3 is 2.83 bits per heavy atom. The molecule has 0 bridgehead atoms. The van der Waals surface area contributed by atoms with Crippen LogP contribution in [0, 0.1) is 19.3 Å². The molecular weight excluding hydrogens is 290 g/mol. The summed E-state index contributed by atoms with van der Waals surface area (Å²) in [5.74, 6) is -0.0569. The first kappa shape index (κ1) is 15.7. The molecule has 23 heavy (non-hydrogen) atoms. The van der Waals surface area contributed by atoms with Crippen molar-refractivity contribution in [2.24, 2.45) is 11.1 Å². The van der Waals surface area contributed by atoms with Crippen LogP contribution in [0.25, 0.3) is 5.69 Å². The van der Waals surface area contributed by atoms with E-state index >= 15 is 0 Å². The van der Waals surface area contributed by atoms with E-state index < -0.39 is 0 Å². The summed E-state index contributed by atoms with van der Waals surface area (Å²) < 4.78 is 1.72. The smallest absolute Gasteiger partial charge is 0.276 e. The fourth-order valence-electron chi connectivity index (χ4n) is 3.05. The van der Waals surface area contributed by atoms with Crippen LogP contribution in [0.4, 0.5) is 0 Å². The molecule has 6 heteroatoms. The molecule has 2 N–H and O–H groups in total. The highest BCUT2D eigenvalue weighted by Gasteiger charge is 2.36.